The van der Waals surface area contributed by atoms with E-state index >= 15 is 0 Å². The van der Waals surface area contributed by atoms with Crippen molar-refractivity contribution in [2.75, 3.05) is 5.32 Å². The van der Waals surface area contributed by atoms with Gasteiger partial charge in [0.1, 0.15) is 5.82 Å². The molecule has 0 bridgehead atoms. The van der Waals surface area contributed by atoms with Crippen molar-refractivity contribution >= 4 is 34.1 Å². The van der Waals surface area contributed by atoms with Crippen molar-refractivity contribution in [2.24, 2.45) is 0 Å². The van der Waals surface area contributed by atoms with E-state index in [1.807, 2.05) is 72.8 Å². The molecule has 0 radical (unpaired) electrons. The molecule has 0 heterocycles. The Kier molecular flexibility index (Phi) is 5.40. The normalized spacial score (nSPS) is 10.8. The Morgan fingerprint density at radius 1 is 0.821 bits per heavy atom. The van der Waals surface area contributed by atoms with Gasteiger partial charge < -0.3 is 5.32 Å². The van der Waals surface area contributed by atoms with Gasteiger partial charge in [-0.3, -0.25) is 4.79 Å². The third kappa shape index (κ3) is 4.24. The summed E-state index contributed by atoms with van der Waals surface area (Å²) in [5.41, 5.74) is 2.00. The maximum absolute atomic E-state index is 13.8. The predicted octanol–water partition coefficient (Wildman–Crippen LogP) is 6.52. The summed E-state index contributed by atoms with van der Waals surface area (Å²) < 4.78 is 13.8. The molecule has 28 heavy (non-hydrogen) atoms. The van der Waals surface area contributed by atoms with E-state index in [4.69, 9.17) is 0 Å². The van der Waals surface area contributed by atoms with Gasteiger partial charge in [-0.25, -0.2) is 4.39 Å². The molecule has 0 saturated heterocycles. The van der Waals surface area contributed by atoms with Gasteiger partial charge in [-0.1, -0.05) is 54.6 Å². The van der Waals surface area contributed by atoms with E-state index < -0.39 is 0 Å². The largest absolute Gasteiger partial charge is 0.322 e. The van der Waals surface area contributed by atoms with Crippen molar-refractivity contribution in [3.8, 4) is 0 Å². The molecular weight excluding hydrogens is 369 g/mol. The lowest BCUT2D eigenvalue weighted by atomic mass is 10.1. The lowest BCUT2D eigenvalue weighted by Gasteiger charge is -2.09. The van der Waals surface area contributed by atoms with Crippen molar-refractivity contribution in [1.29, 1.82) is 0 Å². The van der Waals surface area contributed by atoms with Crippen LogP contribution in [0.5, 0.6) is 0 Å². The highest BCUT2D eigenvalue weighted by Gasteiger charge is 2.08. The summed E-state index contributed by atoms with van der Waals surface area (Å²) in [5, 5.41) is 5.08. The SMILES string of the molecule is O=C(Nc1cccc(SCc2ccccc2F)c1)c1ccc2ccccc2c1. The zero-order chi connectivity index (χ0) is 19.3. The van der Waals surface area contributed by atoms with Crippen LogP contribution in [0.1, 0.15) is 15.9 Å². The first-order chi connectivity index (χ1) is 13.7. The minimum absolute atomic E-state index is 0.151. The van der Waals surface area contributed by atoms with Gasteiger partial charge in [0.05, 0.1) is 0 Å². The molecule has 4 aromatic carbocycles. The first-order valence-electron chi connectivity index (χ1n) is 8.95. The third-order valence-corrected chi connectivity index (χ3v) is 5.50. The zero-order valence-electron chi connectivity index (χ0n) is 15.1. The fourth-order valence-electron chi connectivity index (χ4n) is 2.97. The topological polar surface area (TPSA) is 29.1 Å². The standard InChI is InChI=1S/C24H18FNOS/c25-23-11-4-3-8-20(23)16-28-22-10-5-9-21(15-22)26-24(27)19-13-12-17-6-1-2-7-18(17)14-19/h1-15H,16H2,(H,26,27). The van der Waals surface area contributed by atoms with Crippen LogP contribution in [0.4, 0.5) is 10.1 Å². The quantitative estimate of drug-likeness (QED) is 0.395. The summed E-state index contributed by atoms with van der Waals surface area (Å²) in [6.45, 7) is 0. The number of thioether (sulfide) groups is 1. The molecule has 4 rings (SSSR count). The molecular formula is C24H18FNOS. The molecule has 0 aliphatic heterocycles. The molecule has 4 aromatic rings. The van der Waals surface area contributed by atoms with Gasteiger partial charge >= 0.3 is 0 Å². The van der Waals surface area contributed by atoms with Gasteiger partial charge in [-0.2, -0.15) is 0 Å². The molecule has 0 fully saturated rings. The second kappa shape index (κ2) is 8.28. The number of anilines is 1. The molecule has 1 N–H and O–H groups in total. The lowest BCUT2D eigenvalue weighted by Crippen LogP contribution is -2.11. The Morgan fingerprint density at radius 3 is 2.46 bits per heavy atom. The number of rotatable bonds is 5. The van der Waals surface area contributed by atoms with Crippen molar-refractivity contribution in [3.05, 3.63) is 108 Å². The van der Waals surface area contributed by atoms with Crippen LogP contribution < -0.4 is 5.32 Å². The second-order valence-electron chi connectivity index (χ2n) is 6.42. The highest BCUT2D eigenvalue weighted by molar-refractivity contribution is 7.98. The molecule has 0 aliphatic carbocycles. The zero-order valence-corrected chi connectivity index (χ0v) is 15.9. The molecule has 138 valence electrons. The van der Waals surface area contributed by atoms with Crippen LogP contribution in [-0.4, -0.2) is 5.91 Å². The minimum Gasteiger partial charge on any atom is -0.322 e. The van der Waals surface area contributed by atoms with E-state index in [1.165, 1.54) is 17.8 Å². The summed E-state index contributed by atoms with van der Waals surface area (Å²) in [6, 6.07) is 28.0. The van der Waals surface area contributed by atoms with E-state index in [2.05, 4.69) is 5.32 Å². The number of amides is 1. The maximum Gasteiger partial charge on any atom is 0.255 e. The summed E-state index contributed by atoms with van der Waals surface area (Å²) in [5.74, 6) is 0.187. The number of halogens is 1. The average molecular weight is 387 g/mol. The Labute approximate surface area is 167 Å². The first-order valence-corrected chi connectivity index (χ1v) is 9.94. The number of carbonyl (C=O) groups excluding carboxylic acids is 1. The second-order valence-corrected chi connectivity index (χ2v) is 7.47. The average Bonchev–Trinajstić information content (AvgIpc) is 2.73. The summed E-state index contributed by atoms with van der Waals surface area (Å²) in [4.78, 5) is 13.6. The number of hydrogen-bond acceptors (Lipinski definition) is 2. The third-order valence-electron chi connectivity index (χ3n) is 4.46. The van der Waals surface area contributed by atoms with Gasteiger partial charge in [0.25, 0.3) is 5.91 Å². The molecule has 4 heteroatoms. The van der Waals surface area contributed by atoms with Gasteiger partial charge in [0, 0.05) is 21.9 Å². The van der Waals surface area contributed by atoms with Crippen molar-refractivity contribution < 1.29 is 9.18 Å². The van der Waals surface area contributed by atoms with Crippen molar-refractivity contribution in [1.82, 2.24) is 0 Å². The number of carbonyl (C=O) groups is 1. The molecule has 0 unspecified atom stereocenters. The maximum atomic E-state index is 13.8. The number of nitrogens with one attached hydrogen (secondary N) is 1. The summed E-state index contributed by atoms with van der Waals surface area (Å²) >= 11 is 1.54. The Hall–Kier alpha value is -3.11. The van der Waals surface area contributed by atoms with E-state index in [1.54, 1.807) is 12.1 Å². The van der Waals surface area contributed by atoms with Crippen molar-refractivity contribution in [3.63, 3.8) is 0 Å². The van der Waals surface area contributed by atoms with Gasteiger partial charge in [-0.15, -0.1) is 11.8 Å². The van der Waals surface area contributed by atoms with Crippen LogP contribution in [0.2, 0.25) is 0 Å². The Balaban J connectivity index is 1.46. The highest BCUT2D eigenvalue weighted by Crippen LogP contribution is 2.26. The van der Waals surface area contributed by atoms with Crippen molar-refractivity contribution in [2.45, 2.75) is 10.6 Å². The monoisotopic (exact) mass is 387 g/mol. The number of fused-ring (bicyclic) bond motifs is 1. The Bertz CT molecular complexity index is 1140. The smallest absolute Gasteiger partial charge is 0.255 e. The Morgan fingerprint density at radius 2 is 1.61 bits per heavy atom. The molecule has 1 amide bonds. The highest BCUT2D eigenvalue weighted by atomic mass is 32.2. The minimum atomic E-state index is -0.198. The van der Waals surface area contributed by atoms with E-state index in [0.717, 1.165) is 21.4 Å². The summed E-state index contributed by atoms with van der Waals surface area (Å²) in [6.07, 6.45) is 0. The molecule has 0 saturated carbocycles. The lowest BCUT2D eigenvalue weighted by molar-refractivity contribution is 0.102. The molecule has 0 aromatic heterocycles. The predicted molar refractivity (Wildman–Crippen MR) is 114 cm³/mol. The van der Waals surface area contributed by atoms with Gasteiger partial charge in [0.15, 0.2) is 0 Å². The van der Waals surface area contributed by atoms with Crippen LogP contribution in [-0.2, 0) is 5.75 Å². The summed E-state index contributed by atoms with van der Waals surface area (Å²) in [7, 11) is 0. The van der Waals surface area contributed by atoms with E-state index in [-0.39, 0.29) is 11.7 Å². The first kappa shape index (κ1) is 18.3. The van der Waals surface area contributed by atoms with Crippen LogP contribution in [0.3, 0.4) is 0 Å². The van der Waals surface area contributed by atoms with Crippen LogP contribution in [0.25, 0.3) is 10.8 Å². The molecule has 0 spiro atoms. The van der Waals surface area contributed by atoms with E-state index in [0.29, 0.717) is 16.9 Å². The molecule has 0 atom stereocenters. The molecule has 0 aliphatic rings. The van der Waals surface area contributed by atoms with Gasteiger partial charge in [-0.05, 0) is 52.7 Å². The fraction of sp³-hybridized carbons (Fsp3) is 0.0417. The van der Waals surface area contributed by atoms with Crippen LogP contribution in [0.15, 0.2) is 95.9 Å². The molecule has 2 nitrogen and oxygen atoms in total. The fourth-order valence-corrected chi connectivity index (χ4v) is 3.92. The van der Waals surface area contributed by atoms with E-state index in [9.17, 15) is 9.18 Å². The number of hydrogen-bond donors (Lipinski definition) is 1. The number of benzene rings is 4. The van der Waals surface area contributed by atoms with Gasteiger partial charge in [0.2, 0.25) is 0 Å². The van der Waals surface area contributed by atoms with Crippen LogP contribution in [0, 0.1) is 5.82 Å². The van der Waals surface area contributed by atoms with Crippen LogP contribution >= 0.6 is 11.8 Å².